The quantitative estimate of drug-likeness (QED) is 0.332. The molecule has 1 aromatic heterocycles. The number of carbonyl (C=O) groups excluding carboxylic acids is 2. The van der Waals surface area contributed by atoms with E-state index < -0.39 is 17.6 Å². The Labute approximate surface area is 177 Å². The van der Waals surface area contributed by atoms with Crippen molar-refractivity contribution >= 4 is 22.9 Å². The number of carbonyl (C=O) groups is 2. The number of benzene rings is 2. The van der Waals surface area contributed by atoms with Crippen LogP contribution in [0.2, 0.25) is 0 Å². The minimum atomic E-state index is -0.713. The number of hydrogen-bond donors (Lipinski definition) is 0. The first-order chi connectivity index (χ1) is 14.8. The summed E-state index contributed by atoms with van der Waals surface area (Å²) >= 11 is 0. The van der Waals surface area contributed by atoms with Crippen molar-refractivity contribution in [3.63, 3.8) is 0 Å². The van der Waals surface area contributed by atoms with Gasteiger partial charge in [-0.15, -0.1) is 0 Å². The van der Waals surface area contributed by atoms with Gasteiger partial charge in [0.1, 0.15) is 0 Å². The molecule has 0 spiro atoms. The SMILES string of the molecule is COc1cc(-c2cc3ccc(OC(C)=O)c(OC(C)=O)c3oc2=O)cc(OC)c1OC. The van der Waals surface area contributed by atoms with Gasteiger partial charge in [-0.25, -0.2) is 4.79 Å². The molecular formula is C22H20O9. The molecule has 0 saturated heterocycles. The van der Waals surface area contributed by atoms with Gasteiger partial charge in [-0.05, 0) is 35.9 Å². The Bertz CT molecular complexity index is 1200. The number of fused-ring (bicyclic) bond motifs is 1. The number of ether oxygens (including phenoxy) is 5. The minimum Gasteiger partial charge on any atom is -0.493 e. The van der Waals surface area contributed by atoms with Crippen molar-refractivity contribution in [1.82, 2.24) is 0 Å². The van der Waals surface area contributed by atoms with Gasteiger partial charge in [0.05, 0.1) is 26.9 Å². The van der Waals surface area contributed by atoms with Crippen molar-refractivity contribution in [2.45, 2.75) is 13.8 Å². The highest BCUT2D eigenvalue weighted by Gasteiger charge is 2.21. The van der Waals surface area contributed by atoms with E-state index in [-0.39, 0.29) is 22.6 Å². The minimum absolute atomic E-state index is 0.0323. The monoisotopic (exact) mass is 428 g/mol. The molecule has 0 radical (unpaired) electrons. The maximum absolute atomic E-state index is 12.8. The van der Waals surface area contributed by atoms with Crippen molar-refractivity contribution in [1.29, 1.82) is 0 Å². The summed E-state index contributed by atoms with van der Waals surface area (Å²) in [5.41, 5.74) is -0.0747. The first kappa shape index (κ1) is 21.7. The van der Waals surface area contributed by atoms with E-state index in [0.717, 1.165) is 0 Å². The van der Waals surface area contributed by atoms with E-state index in [4.69, 9.17) is 28.1 Å². The van der Waals surface area contributed by atoms with Crippen LogP contribution in [0, 0.1) is 0 Å². The maximum atomic E-state index is 12.8. The van der Waals surface area contributed by atoms with Crippen molar-refractivity contribution in [2.75, 3.05) is 21.3 Å². The fourth-order valence-corrected chi connectivity index (χ4v) is 3.05. The third kappa shape index (κ3) is 4.30. The highest BCUT2D eigenvalue weighted by atomic mass is 16.6. The standard InChI is InChI=1S/C22H20O9/c1-11(23)29-16-7-6-13-8-15(22(25)31-19(13)21(16)30-12(2)24)14-9-17(26-3)20(28-5)18(10-14)27-4/h6-10H,1-5H3. The lowest BCUT2D eigenvalue weighted by Crippen LogP contribution is -2.09. The fraction of sp³-hybridized carbons (Fsp3) is 0.227. The Morgan fingerprint density at radius 3 is 1.90 bits per heavy atom. The van der Waals surface area contributed by atoms with E-state index in [1.807, 2.05) is 0 Å². The lowest BCUT2D eigenvalue weighted by Gasteiger charge is -2.14. The van der Waals surface area contributed by atoms with Gasteiger partial charge in [-0.1, -0.05) is 0 Å². The molecule has 3 aromatic rings. The van der Waals surface area contributed by atoms with Gasteiger partial charge < -0.3 is 28.1 Å². The summed E-state index contributed by atoms with van der Waals surface area (Å²) in [6.45, 7) is 2.38. The molecule has 0 aliphatic heterocycles. The Hall–Kier alpha value is -4.01. The molecule has 0 fully saturated rings. The first-order valence-corrected chi connectivity index (χ1v) is 9.07. The van der Waals surface area contributed by atoms with Gasteiger partial charge in [0.25, 0.3) is 0 Å². The molecule has 3 rings (SSSR count). The molecule has 2 aromatic carbocycles. The molecule has 162 valence electrons. The van der Waals surface area contributed by atoms with Crippen LogP contribution in [-0.4, -0.2) is 33.3 Å². The Morgan fingerprint density at radius 2 is 1.39 bits per heavy atom. The van der Waals surface area contributed by atoms with E-state index in [1.165, 1.54) is 41.2 Å². The van der Waals surface area contributed by atoms with E-state index in [2.05, 4.69) is 0 Å². The summed E-state index contributed by atoms with van der Waals surface area (Å²) in [6, 6.07) is 7.80. The number of rotatable bonds is 6. The van der Waals surface area contributed by atoms with Crippen LogP contribution < -0.4 is 29.3 Å². The zero-order chi connectivity index (χ0) is 22.7. The van der Waals surface area contributed by atoms with Crippen molar-refractivity contribution in [3.05, 3.63) is 40.8 Å². The Kier molecular flexibility index (Phi) is 6.15. The van der Waals surface area contributed by atoms with Crippen molar-refractivity contribution < 1.29 is 37.7 Å². The van der Waals surface area contributed by atoms with Gasteiger partial charge >= 0.3 is 17.6 Å². The molecule has 0 atom stereocenters. The maximum Gasteiger partial charge on any atom is 0.344 e. The molecule has 0 aliphatic rings. The molecule has 0 aliphatic carbocycles. The second-order valence-electron chi connectivity index (χ2n) is 6.36. The molecule has 9 heteroatoms. The van der Waals surface area contributed by atoms with Gasteiger partial charge in [0.2, 0.25) is 11.5 Å². The van der Waals surface area contributed by atoms with E-state index in [9.17, 15) is 14.4 Å². The van der Waals surface area contributed by atoms with Crippen LogP contribution in [0.5, 0.6) is 28.7 Å². The predicted octanol–water partition coefficient (Wildman–Crippen LogP) is 3.34. The van der Waals surface area contributed by atoms with Crippen LogP contribution in [0.1, 0.15) is 13.8 Å². The smallest absolute Gasteiger partial charge is 0.344 e. The van der Waals surface area contributed by atoms with Crippen LogP contribution in [0.25, 0.3) is 22.1 Å². The highest BCUT2D eigenvalue weighted by molar-refractivity contribution is 5.91. The molecule has 0 saturated carbocycles. The van der Waals surface area contributed by atoms with Crippen molar-refractivity contribution in [3.8, 4) is 39.9 Å². The fourth-order valence-electron chi connectivity index (χ4n) is 3.05. The lowest BCUT2D eigenvalue weighted by atomic mass is 10.0. The summed E-state index contributed by atoms with van der Waals surface area (Å²) < 4.78 is 31.7. The zero-order valence-electron chi connectivity index (χ0n) is 17.6. The van der Waals surface area contributed by atoms with E-state index in [1.54, 1.807) is 24.3 Å². The molecule has 31 heavy (non-hydrogen) atoms. The average Bonchev–Trinajstić information content (AvgIpc) is 2.73. The van der Waals surface area contributed by atoms with Crippen LogP contribution in [0.3, 0.4) is 0 Å². The number of hydrogen-bond acceptors (Lipinski definition) is 9. The number of esters is 2. The molecule has 9 nitrogen and oxygen atoms in total. The number of methoxy groups -OCH3 is 3. The molecular weight excluding hydrogens is 408 g/mol. The van der Waals surface area contributed by atoms with Crippen LogP contribution in [-0.2, 0) is 9.59 Å². The topological polar surface area (TPSA) is 110 Å². The highest BCUT2D eigenvalue weighted by Crippen LogP contribution is 2.42. The normalized spacial score (nSPS) is 10.5. The Balaban J connectivity index is 2.25. The molecule has 0 unspecified atom stereocenters. The van der Waals surface area contributed by atoms with Gasteiger partial charge in [0.15, 0.2) is 22.8 Å². The third-order valence-electron chi connectivity index (χ3n) is 4.30. The first-order valence-electron chi connectivity index (χ1n) is 9.07. The largest absolute Gasteiger partial charge is 0.493 e. The van der Waals surface area contributed by atoms with E-state index in [0.29, 0.717) is 28.2 Å². The summed E-state index contributed by atoms with van der Waals surface area (Å²) in [5.74, 6) is -0.388. The zero-order valence-corrected chi connectivity index (χ0v) is 17.6. The molecule has 0 amide bonds. The van der Waals surface area contributed by atoms with Crippen molar-refractivity contribution in [2.24, 2.45) is 0 Å². The lowest BCUT2D eigenvalue weighted by molar-refractivity contribution is -0.134. The summed E-state index contributed by atoms with van der Waals surface area (Å²) in [6.07, 6.45) is 0. The van der Waals surface area contributed by atoms with Gasteiger partial charge in [-0.3, -0.25) is 9.59 Å². The van der Waals surface area contributed by atoms with Gasteiger partial charge in [-0.2, -0.15) is 0 Å². The second kappa shape index (κ2) is 8.78. The summed E-state index contributed by atoms with van der Waals surface area (Å²) in [5, 5.41) is 0.440. The Morgan fingerprint density at radius 1 is 0.774 bits per heavy atom. The van der Waals surface area contributed by atoms with Crippen LogP contribution >= 0.6 is 0 Å². The summed E-state index contributed by atoms with van der Waals surface area (Å²) in [7, 11) is 4.40. The predicted molar refractivity (Wildman–Crippen MR) is 110 cm³/mol. The molecule has 0 bridgehead atoms. The third-order valence-corrected chi connectivity index (χ3v) is 4.30. The second-order valence-corrected chi connectivity index (χ2v) is 6.36. The molecule has 1 heterocycles. The summed E-state index contributed by atoms with van der Waals surface area (Å²) in [4.78, 5) is 35.8. The van der Waals surface area contributed by atoms with Crippen LogP contribution in [0.15, 0.2) is 39.5 Å². The van der Waals surface area contributed by atoms with Crippen LogP contribution in [0.4, 0.5) is 0 Å². The van der Waals surface area contributed by atoms with Gasteiger partial charge in [0, 0.05) is 19.2 Å². The van der Waals surface area contributed by atoms with E-state index >= 15 is 0 Å². The average molecular weight is 428 g/mol. The molecule has 0 N–H and O–H groups in total.